The maximum atomic E-state index is 15.4. The number of carbonyl (C=O) groups is 2. The highest BCUT2D eigenvalue weighted by Crippen LogP contribution is 2.40. The third-order valence-electron chi connectivity index (χ3n) is 7.80. The highest BCUT2D eigenvalue weighted by molar-refractivity contribution is 7.91. The van der Waals surface area contributed by atoms with Gasteiger partial charge in [0.05, 0.1) is 23.1 Å². The van der Waals surface area contributed by atoms with Gasteiger partial charge in [0.2, 0.25) is 10.0 Å². The van der Waals surface area contributed by atoms with E-state index in [0.29, 0.717) is 36.8 Å². The molecule has 3 aliphatic rings. The van der Waals surface area contributed by atoms with Crippen molar-refractivity contribution in [1.29, 1.82) is 0 Å². The van der Waals surface area contributed by atoms with E-state index in [1.807, 2.05) is 6.92 Å². The van der Waals surface area contributed by atoms with Gasteiger partial charge in [-0.25, -0.2) is 17.5 Å². The van der Waals surface area contributed by atoms with Gasteiger partial charge in [-0.2, -0.15) is 5.10 Å². The Kier molecular flexibility index (Phi) is 7.54. The number of hydrogen-bond donors (Lipinski definition) is 2. The third-order valence-corrected chi connectivity index (χ3v) is 9.61. The fraction of sp³-hybridized carbons (Fsp3) is 0.536. The highest BCUT2D eigenvalue weighted by Gasteiger charge is 2.44. The van der Waals surface area contributed by atoms with E-state index in [0.717, 1.165) is 32.2 Å². The minimum Gasteiger partial charge on any atom is -0.493 e. The molecule has 0 bridgehead atoms. The van der Waals surface area contributed by atoms with Crippen LogP contribution in [0.15, 0.2) is 36.0 Å². The van der Waals surface area contributed by atoms with Crippen molar-refractivity contribution in [2.24, 2.45) is 5.92 Å². The zero-order chi connectivity index (χ0) is 27.8. The minimum atomic E-state index is -3.89. The molecule has 2 aliphatic carbocycles. The summed E-state index contributed by atoms with van der Waals surface area (Å²) in [6.07, 6.45) is 8.03. The fourth-order valence-corrected chi connectivity index (χ4v) is 6.42. The van der Waals surface area contributed by atoms with Gasteiger partial charge in [-0.1, -0.05) is 25.8 Å². The summed E-state index contributed by atoms with van der Waals surface area (Å²) in [5, 5.41) is 6.78. The number of aromatic nitrogens is 2. The molecule has 39 heavy (non-hydrogen) atoms. The van der Waals surface area contributed by atoms with Crippen molar-refractivity contribution in [1.82, 2.24) is 19.8 Å². The first-order valence-electron chi connectivity index (χ1n) is 13.7. The number of nitrogens with one attached hydrogen (secondary N) is 2. The largest absolute Gasteiger partial charge is 0.493 e. The number of amides is 2. The quantitative estimate of drug-likeness (QED) is 0.320. The zero-order valence-electron chi connectivity index (χ0n) is 22.3. The number of rotatable bonds is 11. The van der Waals surface area contributed by atoms with Crippen LogP contribution in [0, 0.1) is 11.7 Å². The van der Waals surface area contributed by atoms with Crippen molar-refractivity contribution >= 4 is 27.4 Å². The maximum absolute atomic E-state index is 15.4. The van der Waals surface area contributed by atoms with E-state index in [-0.39, 0.29) is 23.1 Å². The van der Waals surface area contributed by atoms with E-state index in [9.17, 15) is 18.0 Å². The lowest BCUT2D eigenvalue weighted by molar-refractivity contribution is -0.124. The SMILES string of the molecule is CCCCOc1ccc([C@]2(C)CC(c3ccn(CC4CCC4)n3)=C(C(=O)NS(=O)(=O)C3CC3)C(=O)N2)c(F)c1. The molecule has 0 radical (unpaired) electrons. The Morgan fingerprint density at radius 1 is 1.26 bits per heavy atom. The second kappa shape index (κ2) is 10.7. The van der Waals surface area contributed by atoms with Crippen molar-refractivity contribution in [3.63, 3.8) is 0 Å². The molecule has 5 rings (SSSR count). The molecule has 1 aromatic heterocycles. The Balaban J connectivity index is 1.49. The van der Waals surface area contributed by atoms with Crippen LogP contribution in [0.3, 0.4) is 0 Å². The number of hydrogen-bond acceptors (Lipinski definition) is 6. The number of ether oxygens (including phenoxy) is 1. The molecule has 0 unspecified atom stereocenters. The highest BCUT2D eigenvalue weighted by atomic mass is 32.2. The molecule has 1 aromatic carbocycles. The van der Waals surface area contributed by atoms with Gasteiger partial charge in [0.1, 0.15) is 17.1 Å². The Morgan fingerprint density at radius 2 is 2.03 bits per heavy atom. The van der Waals surface area contributed by atoms with Gasteiger partial charge < -0.3 is 10.1 Å². The first-order chi connectivity index (χ1) is 18.6. The van der Waals surface area contributed by atoms with Gasteiger partial charge in [-0.3, -0.25) is 14.3 Å². The standard InChI is InChI=1S/C28H35FN4O5S/c1-3-4-14-38-19-8-11-22(23(29)15-19)28(2)16-21(24-12-13-33(31-24)17-18-6-5-7-18)25(26(34)30-28)27(35)32-39(36,37)20-9-10-20/h8,11-13,15,18,20H,3-7,9-10,14,16-17H2,1-2H3,(H,30,34)(H,32,35)/t28-/m0/s1. The van der Waals surface area contributed by atoms with Crippen LogP contribution in [0.5, 0.6) is 5.75 Å². The van der Waals surface area contributed by atoms with E-state index >= 15 is 4.39 Å². The number of benzene rings is 1. The topological polar surface area (TPSA) is 119 Å². The smallest absolute Gasteiger partial charge is 0.270 e. The molecule has 1 atom stereocenters. The normalized spacial score (nSPS) is 21.9. The van der Waals surface area contributed by atoms with Crippen LogP contribution in [0.4, 0.5) is 4.39 Å². The van der Waals surface area contributed by atoms with Crippen LogP contribution in [0.1, 0.15) is 76.5 Å². The first-order valence-corrected chi connectivity index (χ1v) is 15.2. The summed E-state index contributed by atoms with van der Waals surface area (Å²) in [6.45, 7) is 4.92. The number of unbranched alkanes of at least 4 members (excludes halogenated alkanes) is 1. The van der Waals surface area contributed by atoms with E-state index in [2.05, 4.69) is 15.1 Å². The first kappa shape index (κ1) is 27.4. The van der Waals surface area contributed by atoms with Crippen LogP contribution in [0.2, 0.25) is 0 Å². The summed E-state index contributed by atoms with van der Waals surface area (Å²) in [5.74, 6) is -1.40. The summed E-state index contributed by atoms with van der Waals surface area (Å²) < 4.78 is 49.9. The Morgan fingerprint density at radius 3 is 2.67 bits per heavy atom. The molecule has 11 heteroatoms. The van der Waals surface area contributed by atoms with Crippen molar-refractivity contribution < 1.29 is 27.1 Å². The number of sulfonamides is 1. The molecule has 210 valence electrons. The van der Waals surface area contributed by atoms with Gasteiger partial charge in [0, 0.05) is 36.4 Å². The third kappa shape index (κ3) is 5.88. The second-order valence-corrected chi connectivity index (χ2v) is 13.0. The van der Waals surface area contributed by atoms with Gasteiger partial charge >= 0.3 is 0 Å². The summed E-state index contributed by atoms with van der Waals surface area (Å²) in [7, 11) is -3.89. The molecule has 2 saturated carbocycles. The molecule has 2 N–H and O–H groups in total. The molecular formula is C28H35FN4O5S. The van der Waals surface area contributed by atoms with Crippen molar-refractivity contribution in [2.45, 2.75) is 82.5 Å². The molecule has 2 amide bonds. The molecule has 0 saturated heterocycles. The fourth-order valence-electron chi connectivity index (χ4n) is 5.13. The minimum absolute atomic E-state index is 0.0400. The second-order valence-electron chi connectivity index (χ2n) is 11.1. The molecular weight excluding hydrogens is 523 g/mol. The van der Waals surface area contributed by atoms with Crippen LogP contribution < -0.4 is 14.8 Å². The lowest BCUT2D eigenvalue weighted by atomic mass is 9.79. The average Bonchev–Trinajstić information content (AvgIpc) is 3.60. The summed E-state index contributed by atoms with van der Waals surface area (Å²) in [4.78, 5) is 26.7. The van der Waals surface area contributed by atoms with Crippen LogP contribution in [0.25, 0.3) is 5.57 Å². The van der Waals surface area contributed by atoms with E-state index < -0.39 is 38.4 Å². The Labute approximate surface area is 228 Å². The van der Waals surface area contributed by atoms with Crippen LogP contribution in [-0.2, 0) is 31.7 Å². The van der Waals surface area contributed by atoms with Crippen molar-refractivity contribution in [3.8, 4) is 5.75 Å². The number of halogens is 1. The Bertz CT molecular complexity index is 1410. The molecule has 1 aliphatic heterocycles. The van der Waals surface area contributed by atoms with Gasteiger partial charge in [-0.15, -0.1) is 0 Å². The molecule has 9 nitrogen and oxygen atoms in total. The lowest BCUT2D eigenvalue weighted by Gasteiger charge is -2.37. The van der Waals surface area contributed by atoms with E-state index in [4.69, 9.17) is 4.74 Å². The molecule has 0 spiro atoms. The lowest BCUT2D eigenvalue weighted by Crippen LogP contribution is -2.51. The predicted molar refractivity (Wildman–Crippen MR) is 143 cm³/mol. The summed E-state index contributed by atoms with van der Waals surface area (Å²) in [6, 6.07) is 6.25. The van der Waals surface area contributed by atoms with Crippen molar-refractivity contribution in [3.05, 3.63) is 53.1 Å². The zero-order valence-corrected chi connectivity index (χ0v) is 23.2. The van der Waals surface area contributed by atoms with Crippen molar-refractivity contribution in [2.75, 3.05) is 6.61 Å². The molecule has 2 heterocycles. The number of carbonyl (C=O) groups excluding carboxylic acids is 2. The molecule has 2 fully saturated rings. The average molecular weight is 559 g/mol. The van der Waals surface area contributed by atoms with Crippen LogP contribution in [-0.4, -0.2) is 41.9 Å². The van der Waals surface area contributed by atoms with Gasteiger partial charge in [-0.05, 0) is 57.1 Å². The van der Waals surface area contributed by atoms with E-state index in [1.165, 1.54) is 12.5 Å². The monoisotopic (exact) mass is 558 g/mol. The Hall–Kier alpha value is -3.21. The number of nitrogens with zero attached hydrogens (tertiary/aromatic N) is 2. The van der Waals surface area contributed by atoms with Crippen LogP contribution >= 0.6 is 0 Å². The summed E-state index contributed by atoms with van der Waals surface area (Å²) in [5.41, 5.74) is -0.625. The van der Waals surface area contributed by atoms with E-state index in [1.54, 1.807) is 36.0 Å². The molecule has 2 aromatic rings. The maximum Gasteiger partial charge on any atom is 0.270 e. The van der Waals surface area contributed by atoms with Gasteiger partial charge in [0.25, 0.3) is 11.8 Å². The summed E-state index contributed by atoms with van der Waals surface area (Å²) >= 11 is 0. The predicted octanol–water partition coefficient (Wildman–Crippen LogP) is 3.80. The van der Waals surface area contributed by atoms with Gasteiger partial charge in [0.15, 0.2) is 0 Å².